The van der Waals surface area contributed by atoms with E-state index in [9.17, 15) is 0 Å². The molecule has 4 aliphatic carbocycles. The van der Waals surface area contributed by atoms with Crippen LogP contribution in [0.2, 0.25) is 0 Å². The van der Waals surface area contributed by atoms with Gasteiger partial charge < -0.3 is 0 Å². The van der Waals surface area contributed by atoms with Crippen LogP contribution in [0.3, 0.4) is 0 Å². The first-order chi connectivity index (χ1) is 6.97. The second-order valence-electron chi connectivity index (χ2n) is 7.15. The summed E-state index contributed by atoms with van der Waals surface area (Å²) in [6.07, 6.45) is 7.09. The van der Waals surface area contributed by atoms with Crippen molar-refractivity contribution in [2.45, 2.75) is 52.9 Å². The number of fused-ring (bicyclic) bond motifs is 2. The van der Waals surface area contributed by atoms with Crippen molar-refractivity contribution >= 4 is 0 Å². The SMILES string of the molecule is C=C1CCC2[C@H]3C1[C@]2(C)CCCC3(C)C. The van der Waals surface area contributed by atoms with E-state index in [1.54, 1.807) is 5.57 Å². The Morgan fingerprint density at radius 1 is 1.20 bits per heavy atom. The van der Waals surface area contributed by atoms with Crippen molar-refractivity contribution in [3.63, 3.8) is 0 Å². The molecule has 0 spiro atoms. The lowest BCUT2D eigenvalue weighted by atomic mass is 9.37. The maximum Gasteiger partial charge on any atom is -0.0113 e. The molecule has 4 aliphatic rings. The van der Waals surface area contributed by atoms with E-state index in [4.69, 9.17) is 0 Å². The Hall–Kier alpha value is -0.260. The van der Waals surface area contributed by atoms with Crippen molar-refractivity contribution in [1.29, 1.82) is 0 Å². The highest BCUT2D eigenvalue weighted by Crippen LogP contribution is 2.73. The number of rotatable bonds is 0. The molecule has 15 heavy (non-hydrogen) atoms. The third kappa shape index (κ3) is 1.04. The topological polar surface area (TPSA) is 0 Å². The maximum absolute atomic E-state index is 4.37. The zero-order valence-electron chi connectivity index (χ0n) is 10.5. The second-order valence-corrected chi connectivity index (χ2v) is 7.15. The van der Waals surface area contributed by atoms with Crippen LogP contribution in [-0.4, -0.2) is 0 Å². The molecule has 0 aliphatic heterocycles. The van der Waals surface area contributed by atoms with Gasteiger partial charge in [0.1, 0.15) is 0 Å². The lowest BCUT2D eigenvalue weighted by Gasteiger charge is -2.67. The van der Waals surface area contributed by atoms with Gasteiger partial charge in [0.05, 0.1) is 0 Å². The summed E-state index contributed by atoms with van der Waals surface area (Å²) in [6.45, 7) is 11.9. The van der Waals surface area contributed by atoms with Gasteiger partial charge in [0.2, 0.25) is 0 Å². The molecule has 0 nitrogen and oxygen atoms in total. The normalized spacial score (nSPS) is 51.9. The molecule has 0 aromatic rings. The summed E-state index contributed by atoms with van der Waals surface area (Å²) in [4.78, 5) is 0. The van der Waals surface area contributed by atoms with E-state index in [-0.39, 0.29) is 0 Å². The third-order valence-electron chi connectivity index (χ3n) is 6.01. The standard InChI is InChI=1S/C15H24/c1-10-6-7-11-13-12(10)15(11,4)9-5-8-14(13,2)3/h11-13H,1,5-9H2,2-4H3/t11?,12?,13-,15+/m0/s1. The summed E-state index contributed by atoms with van der Waals surface area (Å²) in [7, 11) is 0. The van der Waals surface area contributed by atoms with Crippen LogP contribution in [0.15, 0.2) is 12.2 Å². The van der Waals surface area contributed by atoms with Crippen LogP contribution in [0, 0.1) is 28.6 Å². The first kappa shape index (κ1) is 9.93. The Morgan fingerprint density at radius 2 is 1.93 bits per heavy atom. The van der Waals surface area contributed by atoms with Crippen LogP contribution in [0.4, 0.5) is 0 Å². The van der Waals surface area contributed by atoms with Crippen molar-refractivity contribution in [2.75, 3.05) is 0 Å². The highest BCUT2D eigenvalue weighted by Gasteiger charge is 2.65. The summed E-state index contributed by atoms with van der Waals surface area (Å²) in [5.74, 6) is 2.85. The van der Waals surface area contributed by atoms with Gasteiger partial charge in [-0.3, -0.25) is 0 Å². The van der Waals surface area contributed by atoms with Gasteiger partial charge in [-0.05, 0) is 54.3 Å². The van der Waals surface area contributed by atoms with E-state index >= 15 is 0 Å². The molecule has 2 unspecified atom stereocenters. The first-order valence-corrected chi connectivity index (χ1v) is 6.64. The fourth-order valence-corrected chi connectivity index (χ4v) is 5.32. The highest BCUT2D eigenvalue weighted by molar-refractivity contribution is 5.26. The van der Waals surface area contributed by atoms with Gasteiger partial charge in [0, 0.05) is 0 Å². The molecule has 4 fully saturated rings. The van der Waals surface area contributed by atoms with Crippen LogP contribution in [0.25, 0.3) is 0 Å². The van der Waals surface area contributed by atoms with Gasteiger partial charge in [-0.1, -0.05) is 39.3 Å². The molecule has 0 heterocycles. The first-order valence-electron chi connectivity index (χ1n) is 6.64. The highest BCUT2D eigenvalue weighted by atomic mass is 14.7. The van der Waals surface area contributed by atoms with Gasteiger partial charge in [0.15, 0.2) is 0 Å². The fourth-order valence-electron chi connectivity index (χ4n) is 5.32. The van der Waals surface area contributed by atoms with Crippen LogP contribution >= 0.6 is 0 Å². The average molecular weight is 204 g/mol. The van der Waals surface area contributed by atoms with E-state index in [0.29, 0.717) is 10.8 Å². The molecule has 84 valence electrons. The van der Waals surface area contributed by atoms with E-state index in [1.165, 1.54) is 32.1 Å². The van der Waals surface area contributed by atoms with Crippen molar-refractivity contribution in [1.82, 2.24) is 0 Å². The molecular weight excluding hydrogens is 180 g/mol. The van der Waals surface area contributed by atoms with Crippen LogP contribution in [-0.2, 0) is 0 Å². The van der Waals surface area contributed by atoms with Crippen molar-refractivity contribution in [3.8, 4) is 0 Å². The van der Waals surface area contributed by atoms with Crippen LogP contribution in [0.1, 0.15) is 52.9 Å². The van der Waals surface area contributed by atoms with Crippen molar-refractivity contribution in [2.24, 2.45) is 28.6 Å². The average Bonchev–Trinajstić information content (AvgIpc) is 2.30. The van der Waals surface area contributed by atoms with E-state index < -0.39 is 0 Å². The lowest BCUT2D eigenvalue weighted by Crippen LogP contribution is -2.61. The number of allylic oxidation sites excluding steroid dienone is 1. The molecule has 0 heteroatoms. The summed E-state index contributed by atoms with van der Waals surface area (Å²) >= 11 is 0. The fraction of sp³-hybridized carbons (Fsp3) is 0.867. The Kier molecular flexibility index (Phi) is 1.79. The van der Waals surface area contributed by atoms with Gasteiger partial charge in [-0.15, -0.1) is 0 Å². The molecule has 0 aromatic carbocycles. The van der Waals surface area contributed by atoms with E-state index in [1.807, 2.05) is 0 Å². The molecule has 0 amide bonds. The molecule has 4 atom stereocenters. The van der Waals surface area contributed by atoms with Crippen molar-refractivity contribution < 1.29 is 0 Å². The van der Waals surface area contributed by atoms with Gasteiger partial charge in [-0.25, -0.2) is 0 Å². The van der Waals surface area contributed by atoms with Crippen LogP contribution < -0.4 is 0 Å². The number of hydrogen-bond acceptors (Lipinski definition) is 0. The summed E-state index contributed by atoms with van der Waals surface area (Å²) in [6, 6.07) is 0. The largest absolute Gasteiger partial charge is 0.0995 e. The number of hydrogen-bond donors (Lipinski definition) is 0. The quantitative estimate of drug-likeness (QED) is 0.513. The maximum atomic E-state index is 4.37. The van der Waals surface area contributed by atoms with Gasteiger partial charge >= 0.3 is 0 Å². The second kappa shape index (κ2) is 2.70. The molecular formula is C15H24. The van der Waals surface area contributed by atoms with Gasteiger partial charge in [-0.2, -0.15) is 0 Å². The minimum absolute atomic E-state index is 0.578. The summed E-state index contributed by atoms with van der Waals surface area (Å²) < 4.78 is 0. The Labute approximate surface area is 94.1 Å². The van der Waals surface area contributed by atoms with Gasteiger partial charge in [0.25, 0.3) is 0 Å². The van der Waals surface area contributed by atoms with Crippen LogP contribution in [0.5, 0.6) is 0 Å². The van der Waals surface area contributed by atoms with Crippen molar-refractivity contribution in [3.05, 3.63) is 12.2 Å². The molecule has 0 radical (unpaired) electrons. The Balaban J connectivity index is 2.04. The summed E-state index contributed by atoms with van der Waals surface area (Å²) in [5, 5.41) is 0. The molecule has 4 rings (SSSR count). The zero-order valence-corrected chi connectivity index (χ0v) is 10.5. The Morgan fingerprint density at radius 3 is 2.60 bits per heavy atom. The minimum atomic E-state index is 0.578. The molecule has 0 saturated heterocycles. The lowest BCUT2D eigenvalue weighted by molar-refractivity contribution is -0.153. The van der Waals surface area contributed by atoms with E-state index in [0.717, 1.165) is 17.8 Å². The molecule has 0 aromatic heterocycles. The minimum Gasteiger partial charge on any atom is -0.0995 e. The Bertz CT molecular complexity index is 312. The predicted molar refractivity (Wildman–Crippen MR) is 64.6 cm³/mol. The predicted octanol–water partition coefficient (Wildman–Crippen LogP) is 4.42. The smallest absolute Gasteiger partial charge is 0.0113 e. The monoisotopic (exact) mass is 204 g/mol. The molecule has 4 bridgehead atoms. The summed E-state index contributed by atoms with van der Waals surface area (Å²) in [5.41, 5.74) is 2.81. The molecule has 0 N–H and O–H groups in total. The molecule has 4 saturated carbocycles. The zero-order chi connectivity index (χ0) is 10.8. The van der Waals surface area contributed by atoms with E-state index in [2.05, 4.69) is 27.4 Å². The third-order valence-corrected chi connectivity index (χ3v) is 6.01.